The number of carbonyl (C=O) groups excluding carboxylic acids is 1. The number of hydrogen-bond donors (Lipinski definition) is 1. The Hall–Kier alpha value is -2.06. The summed E-state index contributed by atoms with van der Waals surface area (Å²) in [5.74, 6) is 1.47. The molecule has 0 saturated carbocycles. The van der Waals surface area contributed by atoms with Crippen LogP contribution >= 0.6 is 22.7 Å². The van der Waals surface area contributed by atoms with Crippen LogP contribution in [0.1, 0.15) is 41.0 Å². The molecule has 3 aromatic rings. The van der Waals surface area contributed by atoms with Crippen LogP contribution in [-0.4, -0.2) is 21.1 Å². The van der Waals surface area contributed by atoms with Crippen LogP contribution in [0.5, 0.6) is 0 Å². The van der Waals surface area contributed by atoms with Crippen molar-refractivity contribution < 1.29 is 9.21 Å². The van der Waals surface area contributed by atoms with E-state index in [2.05, 4.69) is 20.5 Å². The normalized spacial score (nSPS) is 11.1. The van der Waals surface area contributed by atoms with Crippen molar-refractivity contribution in [2.24, 2.45) is 0 Å². The lowest BCUT2D eigenvalue weighted by molar-refractivity contribution is 0.102. The van der Waals surface area contributed by atoms with Crippen LogP contribution < -0.4 is 5.32 Å². The summed E-state index contributed by atoms with van der Waals surface area (Å²) in [6.07, 6.45) is 0. The Labute approximate surface area is 135 Å². The van der Waals surface area contributed by atoms with E-state index in [1.165, 1.54) is 22.7 Å². The number of aryl methyl sites for hydroxylation is 1. The van der Waals surface area contributed by atoms with Gasteiger partial charge in [-0.3, -0.25) is 10.1 Å². The maximum absolute atomic E-state index is 12.2. The summed E-state index contributed by atoms with van der Waals surface area (Å²) < 4.78 is 5.51. The molecular weight excluding hydrogens is 320 g/mol. The van der Waals surface area contributed by atoms with E-state index in [4.69, 9.17) is 4.42 Å². The van der Waals surface area contributed by atoms with E-state index in [1.54, 1.807) is 5.38 Å². The lowest BCUT2D eigenvalue weighted by Crippen LogP contribution is -2.12. The van der Waals surface area contributed by atoms with Crippen molar-refractivity contribution in [2.45, 2.75) is 26.7 Å². The molecule has 22 heavy (non-hydrogen) atoms. The van der Waals surface area contributed by atoms with Crippen molar-refractivity contribution in [3.05, 3.63) is 34.0 Å². The highest BCUT2D eigenvalue weighted by Crippen LogP contribution is 2.26. The Morgan fingerprint density at radius 1 is 1.32 bits per heavy atom. The topological polar surface area (TPSA) is 80.9 Å². The first-order valence-electron chi connectivity index (χ1n) is 6.70. The van der Waals surface area contributed by atoms with Crippen LogP contribution in [-0.2, 0) is 0 Å². The summed E-state index contributed by atoms with van der Waals surface area (Å²) in [6.45, 7) is 5.93. The number of amides is 1. The van der Waals surface area contributed by atoms with Crippen LogP contribution in [0.3, 0.4) is 0 Å². The highest BCUT2D eigenvalue weighted by Gasteiger charge is 2.16. The number of hydrogen-bond acceptors (Lipinski definition) is 7. The van der Waals surface area contributed by atoms with Gasteiger partial charge in [-0.2, -0.15) is 0 Å². The molecule has 3 heterocycles. The molecule has 0 unspecified atom stereocenters. The predicted octanol–water partition coefficient (Wildman–Crippen LogP) is 3.94. The third kappa shape index (κ3) is 3.07. The van der Waals surface area contributed by atoms with Gasteiger partial charge in [0.2, 0.25) is 5.13 Å². The Bertz CT molecular complexity index is 803. The van der Waals surface area contributed by atoms with Crippen molar-refractivity contribution in [3.63, 3.8) is 0 Å². The predicted molar refractivity (Wildman–Crippen MR) is 86.5 cm³/mol. The second kappa shape index (κ2) is 5.98. The van der Waals surface area contributed by atoms with E-state index in [0.29, 0.717) is 21.6 Å². The van der Waals surface area contributed by atoms with Crippen molar-refractivity contribution in [3.8, 4) is 10.8 Å². The highest BCUT2D eigenvalue weighted by molar-refractivity contribution is 7.15. The Balaban J connectivity index is 1.73. The van der Waals surface area contributed by atoms with E-state index in [-0.39, 0.29) is 11.8 Å². The number of rotatable bonds is 4. The summed E-state index contributed by atoms with van der Waals surface area (Å²) >= 11 is 2.74. The van der Waals surface area contributed by atoms with E-state index in [1.807, 2.05) is 32.9 Å². The summed E-state index contributed by atoms with van der Waals surface area (Å²) in [7, 11) is 0. The molecule has 0 aliphatic carbocycles. The largest absolute Gasteiger partial charge is 0.459 e. The van der Waals surface area contributed by atoms with E-state index >= 15 is 0 Å². The number of anilines is 1. The fraction of sp³-hybridized carbons (Fsp3) is 0.286. The molecule has 0 bridgehead atoms. The van der Waals surface area contributed by atoms with Crippen LogP contribution in [0.25, 0.3) is 10.8 Å². The summed E-state index contributed by atoms with van der Waals surface area (Å²) in [4.78, 5) is 16.5. The maximum Gasteiger partial charge on any atom is 0.276 e. The van der Waals surface area contributed by atoms with Crippen LogP contribution in [0.4, 0.5) is 5.13 Å². The SMILES string of the molecule is Cc1ccc(-c2nc(C(=O)Nc3nnc(C(C)C)s3)cs2)o1. The minimum atomic E-state index is -0.294. The zero-order chi connectivity index (χ0) is 15.7. The average Bonchev–Trinajstić information content (AvgIpc) is 3.16. The Morgan fingerprint density at radius 3 is 2.77 bits per heavy atom. The first-order chi connectivity index (χ1) is 10.5. The fourth-order valence-corrected chi connectivity index (χ4v) is 3.22. The molecule has 3 rings (SSSR count). The molecule has 0 aliphatic heterocycles. The molecular formula is C14H14N4O2S2. The van der Waals surface area contributed by atoms with Gasteiger partial charge in [0.25, 0.3) is 5.91 Å². The highest BCUT2D eigenvalue weighted by atomic mass is 32.1. The van der Waals surface area contributed by atoms with Gasteiger partial charge in [-0.15, -0.1) is 21.5 Å². The lowest BCUT2D eigenvalue weighted by Gasteiger charge is -1.97. The Morgan fingerprint density at radius 2 is 2.14 bits per heavy atom. The summed E-state index contributed by atoms with van der Waals surface area (Å²) in [5.41, 5.74) is 0.343. The van der Waals surface area contributed by atoms with Crippen molar-refractivity contribution in [1.29, 1.82) is 0 Å². The van der Waals surface area contributed by atoms with Gasteiger partial charge in [0.1, 0.15) is 16.5 Å². The van der Waals surface area contributed by atoms with Crippen LogP contribution in [0.15, 0.2) is 21.9 Å². The molecule has 1 amide bonds. The molecule has 0 radical (unpaired) electrons. The van der Waals surface area contributed by atoms with Crippen LogP contribution in [0.2, 0.25) is 0 Å². The van der Waals surface area contributed by atoms with Gasteiger partial charge in [0.15, 0.2) is 10.8 Å². The molecule has 0 saturated heterocycles. The third-order valence-corrected chi connectivity index (χ3v) is 4.84. The quantitative estimate of drug-likeness (QED) is 0.781. The van der Waals surface area contributed by atoms with E-state index in [9.17, 15) is 4.79 Å². The van der Waals surface area contributed by atoms with Crippen LogP contribution in [0, 0.1) is 6.92 Å². The zero-order valence-electron chi connectivity index (χ0n) is 12.3. The van der Waals surface area contributed by atoms with Gasteiger partial charge >= 0.3 is 0 Å². The second-order valence-corrected chi connectivity index (χ2v) is 6.87. The first-order valence-corrected chi connectivity index (χ1v) is 8.39. The molecule has 0 aromatic carbocycles. The van der Waals surface area contributed by atoms with E-state index < -0.39 is 0 Å². The Kier molecular flexibility index (Phi) is 4.04. The zero-order valence-corrected chi connectivity index (χ0v) is 13.9. The number of aromatic nitrogens is 3. The fourth-order valence-electron chi connectivity index (χ4n) is 1.72. The number of nitrogens with one attached hydrogen (secondary N) is 1. The monoisotopic (exact) mass is 334 g/mol. The van der Waals surface area contributed by atoms with Gasteiger partial charge in [0.05, 0.1) is 0 Å². The number of furan rings is 1. The molecule has 0 fully saturated rings. The second-order valence-electron chi connectivity index (χ2n) is 5.00. The van der Waals surface area contributed by atoms with Crippen molar-refractivity contribution in [2.75, 3.05) is 5.32 Å². The molecule has 114 valence electrons. The van der Waals surface area contributed by atoms with Gasteiger partial charge < -0.3 is 4.42 Å². The third-order valence-electron chi connectivity index (χ3n) is 2.84. The molecule has 6 nitrogen and oxygen atoms in total. The number of nitrogens with zero attached hydrogens (tertiary/aromatic N) is 3. The van der Waals surface area contributed by atoms with Crippen molar-refractivity contribution >= 4 is 33.7 Å². The molecule has 0 spiro atoms. The molecule has 1 N–H and O–H groups in total. The molecule has 0 aliphatic rings. The number of thiazole rings is 1. The summed E-state index contributed by atoms with van der Waals surface area (Å²) in [5, 5.41) is 14.5. The van der Waals surface area contributed by atoms with Gasteiger partial charge in [0, 0.05) is 11.3 Å². The lowest BCUT2D eigenvalue weighted by atomic mass is 10.2. The standard InChI is InChI=1S/C14H14N4O2S2/c1-7(2)12-17-18-14(22-12)16-11(19)9-6-21-13(15-9)10-5-4-8(3)20-10/h4-7H,1-3H3,(H,16,18,19). The minimum Gasteiger partial charge on any atom is -0.459 e. The summed E-state index contributed by atoms with van der Waals surface area (Å²) in [6, 6.07) is 3.71. The van der Waals surface area contributed by atoms with Crippen molar-refractivity contribution in [1.82, 2.24) is 15.2 Å². The van der Waals surface area contributed by atoms with E-state index in [0.717, 1.165) is 10.8 Å². The number of carbonyl (C=O) groups is 1. The molecule has 3 aromatic heterocycles. The molecule has 0 atom stereocenters. The average molecular weight is 334 g/mol. The minimum absolute atomic E-state index is 0.288. The maximum atomic E-state index is 12.2. The van der Waals surface area contributed by atoms with Gasteiger partial charge in [-0.05, 0) is 19.1 Å². The first kappa shape index (κ1) is 14.9. The smallest absolute Gasteiger partial charge is 0.276 e. The molecule has 8 heteroatoms. The van der Waals surface area contributed by atoms with Gasteiger partial charge in [-0.25, -0.2) is 4.98 Å². The van der Waals surface area contributed by atoms with Gasteiger partial charge in [-0.1, -0.05) is 25.2 Å².